The van der Waals surface area contributed by atoms with Gasteiger partial charge in [0.1, 0.15) is 6.04 Å². The highest BCUT2D eigenvalue weighted by molar-refractivity contribution is 5.88. The van der Waals surface area contributed by atoms with Crippen LogP contribution in [0.5, 0.6) is 0 Å². The molecular formula is C9H17N3O4. The van der Waals surface area contributed by atoms with E-state index in [0.717, 1.165) is 6.54 Å². The molecule has 16 heavy (non-hydrogen) atoms. The predicted molar refractivity (Wildman–Crippen MR) is 56.5 cm³/mol. The van der Waals surface area contributed by atoms with Crippen LogP contribution in [0.4, 0.5) is 0 Å². The number of nitrogens with one attached hydrogen (secondary N) is 2. The van der Waals surface area contributed by atoms with Crippen LogP contribution in [0.2, 0.25) is 0 Å². The smallest absolute Gasteiger partial charge is 0.326 e. The molecule has 1 atom stereocenters. The molecule has 0 aromatic rings. The molecule has 0 heterocycles. The zero-order valence-electron chi connectivity index (χ0n) is 9.16. The number of carbonyl (C=O) groups excluding carboxylic acids is 2. The van der Waals surface area contributed by atoms with Crippen molar-refractivity contribution in [1.29, 1.82) is 0 Å². The van der Waals surface area contributed by atoms with Crippen LogP contribution in [0.3, 0.4) is 0 Å². The fraction of sp³-hybridized carbons (Fsp3) is 0.667. The van der Waals surface area contributed by atoms with Crippen LogP contribution in [-0.4, -0.2) is 42.0 Å². The van der Waals surface area contributed by atoms with Gasteiger partial charge in [-0.1, -0.05) is 6.92 Å². The monoisotopic (exact) mass is 231 g/mol. The molecule has 0 rings (SSSR count). The number of hydrogen-bond acceptors (Lipinski definition) is 4. The lowest BCUT2D eigenvalue weighted by molar-refractivity contribution is -0.143. The van der Waals surface area contributed by atoms with Crippen LogP contribution in [0, 0.1) is 0 Å². The fourth-order valence-electron chi connectivity index (χ4n) is 1.05. The molecule has 5 N–H and O–H groups in total. The quantitative estimate of drug-likeness (QED) is 0.376. The summed E-state index contributed by atoms with van der Waals surface area (Å²) >= 11 is 0. The van der Waals surface area contributed by atoms with E-state index in [1.54, 1.807) is 0 Å². The van der Waals surface area contributed by atoms with Crippen LogP contribution in [0.15, 0.2) is 0 Å². The highest BCUT2D eigenvalue weighted by atomic mass is 16.4. The molecule has 0 aliphatic heterocycles. The Bertz CT molecular complexity index is 267. The van der Waals surface area contributed by atoms with Gasteiger partial charge in [-0.2, -0.15) is 0 Å². The molecule has 0 aliphatic rings. The maximum Gasteiger partial charge on any atom is 0.326 e. The summed E-state index contributed by atoms with van der Waals surface area (Å²) in [4.78, 5) is 32.5. The Morgan fingerprint density at radius 2 is 2.00 bits per heavy atom. The van der Waals surface area contributed by atoms with Crippen molar-refractivity contribution in [2.45, 2.75) is 25.8 Å². The SMILES string of the molecule is CCNCCC(=O)N[C@H](CC(N)=O)C(=O)O. The molecule has 7 nitrogen and oxygen atoms in total. The third kappa shape index (κ3) is 6.77. The zero-order chi connectivity index (χ0) is 12.6. The Morgan fingerprint density at radius 3 is 2.44 bits per heavy atom. The van der Waals surface area contributed by atoms with Crippen molar-refractivity contribution in [3.8, 4) is 0 Å². The molecule has 0 bridgehead atoms. The zero-order valence-corrected chi connectivity index (χ0v) is 9.16. The number of aliphatic carboxylic acids is 1. The van der Waals surface area contributed by atoms with Gasteiger partial charge >= 0.3 is 5.97 Å². The van der Waals surface area contributed by atoms with Gasteiger partial charge < -0.3 is 21.5 Å². The van der Waals surface area contributed by atoms with E-state index >= 15 is 0 Å². The molecule has 0 saturated heterocycles. The predicted octanol–water partition coefficient (Wildman–Crippen LogP) is -1.57. The van der Waals surface area contributed by atoms with Crippen LogP contribution in [0.25, 0.3) is 0 Å². The standard InChI is InChI=1S/C9H17N3O4/c1-2-11-4-3-8(14)12-6(9(15)16)5-7(10)13/h6,11H,2-5H2,1H3,(H2,10,13)(H,12,14)(H,15,16)/t6-/m1/s1. The minimum Gasteiger partial charge on any atom is -0.480 e. The molecule has 92 valence electrons. The first kappa shape index (κ1) is 14.4. The normalized spacial score (nSPS) is 11.8. The summed E-state index contributed by atoms with van der Waals surface area (Å²) in [6, 6.07) is -1.24. The summed E-state index contributed by atoms with van der Waals surface area (Å²) < 4.78 is 0. The van der Waals surface area contributed by atoms with Gasteiger partial charge in [-0.05, 0) is 6.54 Å². The Balaban J connectivity index is 4.03. The molecule has 7 heteroatoms. The number of carboxylic acid groups (broad SMARTS) is 1. The maximum atomic E-state index is 11.2. The van der Waals surface area contributed by atoms with Crippen molar-refractivity contribution in [2.75, 3.05) is 13.1 Å². The van der Waals surface area contributed by atoms with Crippen LogP contribution in [0.1, 0.15) is 19.8 Å². The Hall–Kier alpha value is -1.63. The van der Waals surface area contributed by atoms with Gasteiger partial charge in [0.25, 0.3) is 0 Å². The van der Waals surface area contributed by atoms with E-state index in [2.05, 4.69) is 10.6 Å². The summed E-state index contributed by atoms with van der Waals surface area (Å²) in [5.74, 6) is -2.45. The lowest BCUT2D eigenvalue weighted by Crippen LogP contribution is -2.43. The summed E-state index contributed by atoms with van der Waals surface area (Å²) in [6.07, 6.45) is -0.237. The van der Waals surface area contributed by atoms with Gasteiger partial charge in [0.15, 0.2) is 0 Å². The number of primary amides is 1. The van der Waals surface area contributed by atoms with Gasteiger partial charge in [-0.15, -0.1) is 0 Å². The highest BCUT2D eigenvalue weighted by Gasteiger charge is 2.21. The van der Waals surface area contributed by atoms with Gasteiger partial charge in [0.2, 0.25) is 11.8 Å². The van der Waals surface area contributed by atoms with E-state index in [9.17, 15) is 14.4 Å². The van der Waals surface area contributed by atoms with Crippen LogP contribution >= 0.6 is 0 Å². The van der Waals surface area contributed by atoms with E-state index in [0.29, 0.717) is 6.54 Å². The molecule has 0 aromatic heterocycles. The summed E-state index contributed by atoms with van der Waals surface area (Å²) in [5, 5.41) is 13.9. The Morgan fingerprint density at radius 1 is 1.38 bits per heavy atom. The van der Waals surface area contributed by atoms with Gasteiger partial charge in [0, 0.05) is 13.0 Å². The second-order valence-corrected chi connectivity index (χ2v) is 3.23. The Kier molecular flexibility index (Phi) is 6.86. The van der Waals surface area contributed by atoms with E-state index < -0.39 is 30.2 Å². The van der Waals surface area contributed by atoms with E-state index in [1.807, 2.05) is 6.92 Å². The minimum atomic E-state index is -1.27. The van der Waals surface area contributed by atoms with Crippen molar-refractivity contribution >= 4 is 17.8 Å². The molecule has 0 radical (unpaired) electrons. The molecule has 0 saturated carbocycles. The first-order valence-corrected chi connectivity index (χ1v) is 4.98. The van der Waals surface area contributed by atoms with Crippen molar-refractivity contribution in [2.24, 2.45) is 5.73 Å². The lowest BCUT2D eigenvalue weighted by Gasteiger charge is -2.12. The molecule has 0 spiro atoms. The van der Waals surface area contributed by atoms with Crippen molar-refractivity contribution in [3.05, 3.63) is 0 Å². The molecule has 0 unspecified atom stereocenters. The van der Waals surface area contributed by atoms with Gasteiger partial charge in [-0.3, -0.25) is 9.59 Å². The third-order valence-corrected chi connectivity index (χ3v) is 1.82. The first-order chi connectivity index (χ1) is 7.47. The molecule has 2 amide bonds. The van der Waals surface area contributed by atoms with Crippen molar-refractivity contribution in [1.82, 2.24) is 10.6 Å². The average molecular weight is 231 g/mol. The highest BCUT2D eigenvalue weighted by Crippen LogP contribution is 1.92. The lowest BCUT2D eigenvalue weighted by atomic mass is 10.2. The second-order valence-electron chi connectivity index (χ2n) is 3.23. The van der Waals surface area contributed by atoms with E-state index in [1.165, 1.54) is 0 Å². The van der Waals surface area contributed by atoms with E-state index in [-0.39, 0.29) is 6.42 Å². The number of carboxylic acids is 1. The van der Waals surface area contributed by atoms with Gasteiger partial charge in [-0.25, -0.2) is 4.79 Å². The maximum absolute atomic E-state index is 11.2. The molecule has 0 fully saturated rings. The third-order valence-electron chi connectivity index (χ3n) is 1.82. The number of carbonyl (C=O) groups is 3. The van der Waals surface area contributed by atoms with Gasteiger partial charge in [0.05, 0.1) is 6.42 Å². The summed E-state index contributed by atoms with van der Waals surface area (Å²) in [5.41, 5.74) is 4.86. The molecule has 0 aliphatic carbocycles. The summed E-state index contributed by atoms with van der Waals surface area (Å²) in [7, 11) is 0. The fourth-order valence-corrected chi connectivity index (χ4v) is 1.05. The minimum absolute atomic E-state index is 0.163. The van der Waals surface area contributed by atoms with Crippen LogP contribution in [-0.2, 0) is 14.4 Å². The largest absolute Gasteiger partial charge is 0.480 e. The number of hydrogen-bond donors (Lipinski definition) is 4. The van der Waals surface area contributed by atoms with E-state index in [4.69, 9.17) is 10.8 Å². The molecular weight excluding hydrogens is 214 g/mol. The number of amides is 2. The van der Waals surface area contributed by atoms with Crippen LogP contribution < -0.4 is 16.4 Å². The first-order valence-electron chi connectivity index (χ1n) is 4.98. The average Bonchev–Trinajstić information content (AvgIpc) is 2.16. The summed E-state index contributed by atoms with van der Waals surface area (Å²) in [6.45, 7) is 3.09. The molecule has 0 aromatic carbocycles. The number of nitrogens with two attached hydrogens (primary N) is 1. The second kappa shape index (κ2) is 7.63. The van der Waals surface area contributed by atoms with Crippen molar-refractivity contribution < 1.29 is 19.5 Å². The number of rotatable bonds is 8. The van der Waals surface area contributed by atoms with Crippen molar-refractivity contribution in [3.63, 3.8) is 0 Å². The topological polar surface area (TPSA) is 122 Å². The Labute approximate surface area is 93.4 Å².